The molecule has 0 aromatic heterocycles. The first-order valence-electron chi connectivity index (χ1n) is 5.12. The van der Waals surface area contributed by atoms with Crippen molar-refractivity contribution >= 4 is 5.91 Å². The Balaban J connectivity index is 2.11. The Morgan fingerprint density at radius 3 is 3.00 bits per heavy atom. The van der Waals surface area contributed by atoms with Crippen LogP contribution in [0.25, 0.3) is 0 Å². The van der Waals surface area contributed by atoms with Crippen LogP contribution in [0, 0.1) is 0 Å². The molecule has 0 saturated heterocycles. The van der Waals surface area contributed by atoms with Crippen molar-refractivity contribution in [3.8, 4) is 0 Å². The molecule has 2 heterocycles. The first kappa shape index (κ1) is 8.48. The third-order valence-electron chi connectivity index (χ3n) is 2.96. The van der Waals surface area contributed by atoms with Crippen LogP contribution < -0.4 is 0 Å². The quantitative estimate of drug-likeness (QED) is 0.624. The van der Waals surface area contributed by atoms with Gasteiger partial charge in [-0.05, 0) is 24.1 Å². The van der Waals surface area contributed by atoms with Gasteiger partial charge < -0.3 is 4.90 Å². The molecule has 2 aliphatic rings. The molecule has 0 fully saturated rings. The van der Waals surface area contributed by atoms with Gasteiger partial charge in [-0.3, -0.25) is 4.79 Å². The number of hydrogen-bond acceptors (Lipinski definition) is 1. The zero-order valence-electron chi connectivity index (χ0n) is 8.26. The molecule has 0 spiro atoms. The van der Waals surface area contributed by atoms with Crippen LogP contribution in [0.15, 0.2) is 48.7 Å². The summed E-state index contributed by atoms with van der Waals surface area (Å²) >= 11 is 0. The summed E-state index contributed by atoms with van der Waals surface area (Å²) in [4.78, 5) is 13.9. The molecule has 0 N–H and O–H groups in total. The molecule has 1 aromatic carbocycles. The molecule has 2 heteroatoms. The van der Waals surface area contributed by atoms with E-state index < -0.39 is 0 Å². The predicted molar refractivity (Wildman–Crippen MR) is 58.4 cm³/mol. The molecular weight excluding hydrogens is 186 g/mol. The van der Waals surface area contributed by atoms with Crippen LogP contribution in [0.1, 0.15) is 15.9 Å². The lowest BCUT2D eigenvalue weighted by molar-refractivity contribution is 0.0772. The van der Waals surface area contributed by atoms with Gasteiger partial charge in [-0.1, -0.05) is 30.4 Å². The minimum absolute atomic E-state index is 0.113. The van der Waals surface area contributed by atoms with Gasteiger partial charge in [0.2, 0.25) is 0 Å². The van der Waals surface area contributed by atoms with Crippen LogP contribution in [0.3, 0.4) is 0 Å². The Kier molecular flexibility index (Phi) is 1.75. The number of carbonyl (C=O) groups excluding carboxylic acids is 1. The summed E-state index contributed by atoms with van der Waals surface area (Å²) in [7, 11) is 0. The summed E-state index contributed by atoms with van der Waals surface area (Å²) in [5.41, 5.74) is 2.00. The van der Waals surface area contributed by atoms with E-state index in [0.717, 1.165) is 17.5 Å². The second kappa shape index (κ2) is 3.09. The van der Waals surface area contributed by atoms with Gasteiger partial charge >= 0.3 is 0 Å². The lowest BCUT2D eigenvalue weighted by Gasteiger charge is -2.33. The number of rotatable bonds is 0. The van der Waals surface area contributed by atoms with Gasteiger partial charge in [0, 0.05) is 11.8 Å². The summed E-state index contributed by atoms with van der Waals surface area (Å²) in [6.07, 6.45) is 8.77. The van der Waals surface area contributed by atoms with Gasteiger partial charge in [-0.2, -0.15) is 0 Å². The van der Waals surface area contributed by atoms with Gasteiger partial charge in [-0.25, -0.2) is 0 Å². The first-order chi connectivity index (χ1) is 7.36. The van der Waals surface area contributed by atoms with Crippen molar-refractivity contribution in [2.24, 2.45) is 0 Å². The molecule has 3 rings (SSSR count). The van der Waals surface area contributed by atoms with Crippen LogP contribution in [0.4, 0.5) is 0 Å². The molecule has 1 amide bonds. The van der Waals surface area contributed by atoms with E-state index in [1.807, 2.05) is 47.5 Å². The molecule has 2 nitrogen and oxygen atoms in total. The first-order valence-corrected chi connectivity index (χ1v) is 5.12. The number of fused-ring (bicyclic) bond motifs is 2. The predicted octanol–water partition coefficient (Wildman–Crippen LogP) is 2.14. The van der Waals surface area contributed by atoms with Crippen LogP contribution in [0.5, 0.6) is 0 Å². The van der Waals surface area contributed by atoms with Gasteiger partial charge in [0.25, 0.3) is 5.91 Å². The van der Waals surface area contributed by atoms with E-state index in [1.165, 1.54) is 0 Å². The maximum atomic E-state index is 12.1. The van der Waals surface area contributed by atoms with Crippen molar-refractivity contribution in [3.63, 3.8) is 0 Å². The molecular formula is C13H11NO. The Bertz CT molecular complexity index is 473. The zero-order valence-corrected chi connectivity index (χ0v) is 8.26. The van der Waals surface area contributed by atoms with Crippen molar-refractivity contribution in [1.29, 1.82) is 0 Å². The third-order valence-corrected chi connectivity index (χ3v) is 2.96. The Labute approximate surface area is 88.5 Å². The molecule has 15 heavy (non-hydrogen) atoms. The van der Waals surface area contributed by atoms with Gasteiger partial charge in [0.15, 0.2) is 0 Å². The highest BCUT2D eigenvalue weighted by molar-refractivity contribution is 5.98. The number of carbonyl (C=O) groups is 1. The maximum Gasteiger partial charge on any atom is 0.258 e. The fourth-order valence-corrected chi connectivity index (χ4v) is 2.19. The summed E-state index contributed by atoms with van der Waals surface area (Å²) in [5.74, 6) is 0.113. The standard InChI is InChI=1S/C13H11NO/c15-13-12-7-2-1-5-10(12)9-11-6-3-4-8-14(11)13/h1-8,11H,9H2. The largest absolute Gasteiger partial charge is 0.308 e. The summed E-state index contributed by atoms with van der Waals surface area (Å²) in [6.45, 7) is 0. The Morgan fingerprint density at radius 1 is 1.20 bits per heavy atom. The van der Waals surface area contributed by atoms with Crippen molar-refractivity contribution in [2.75, 3.05) is 0 Å². The fraction of sp³-hybridized carbons (Fsp3) is 0.154. The third kappa shape index (κ3) is 1.22. The van der Waals surface area contributed by atoms with E-state index in [0.29, 0.717) is 0 Å². The number of amides is 1. The van der Waals surface area contributed by atoms with Gasteiger partial charge in [0.1, 0.15) is 0 Å². The number of allylic oxidation sites excluding steroid dienone is 2. The molecule has 1 unspecified atom stereocenters. The normalized spacial score (nSPS) is 22.5. The highest BCUT2D eigenvalue weighted by atomic mass is 16.2. The Hall–Kier alpha value is -1.83. The zero-order chi connectivity index (χ0) is 10.3. The second-order valence-electron chi connectivity index (χ2n) is 3.87. The van der Waals surface area contributed by atoms with Gasteiger partial charge in [0.05, 0.1) is 6.04 Å². The summed E-state index contributed by atoms with van der Waals surface area (Å²) in [5, 5.41) is 0. The molecule has 0 bridgehead atoms. The fourth-order valence-electron chi connectivity index (χ4n) is 2.19. The average Bonchev–Trinajstić information content (AvgIpc) is 2.30. The van der Waals surface area contributed by atoms with E-state index in [1.54, 1.807) is 0 Å². The van der Waals surface area contributed by atoms with Crippen molar-refractivity contribution < 1.29 is 4.79 Å². The maximum absolute atomic E-state index is 12.1. The van der Waals surface area contributed by atoms with Crippen molar-refractivity contribution in [1.82, 2.24) is 4.90 Å². The van der Waals surface area contributed by atoms with Crippen LogP contribution in [-0.2, 0) is 6.42 Å². The van der Waals surface area contributed by atoms with Crippen LogP contribution in [0.2, 0.25) is 0 Å². The lowest BCUT2D eigenvalue weighted by atomic mass is 9.92. The number of hydrogen-bond donors (Lipinski definition) is 0. The molecule has 74 valence electrons. The van der Waals surface area contributed by atoms with Gasteiger partial charge in [-0.15, -0.1) is 0 Å². The highest BCUT2D eigenvalue weighted by Gasteiger charge is 2.29. The summed E-state index contributed by atoms with van der Waals surface area (Å²) < 4.78 is 0. The molecule has 0 aliphatic carbocycles. The summed E-state index contributed by atoms with van der Waals surface area (Å²) in [6, 6.07) is 8.05. The average molecular weight is 197 g/mol. The van der Waals surface area contributed by atoms with E-state index >= 15 is 0 Å². The SMILES string of the molecule is O=C1c2ccccc2CC2C=CC=CN12. The topological polar surface area (TPSA) is 20.3 Å². The Morgan fingerprint density at radius 2 is 2.07 bits per heavy atom. The molecule has 1 atom stereocenters. The molecule has 0 radical (unpaired) electrons. The minimum atomic E-state index is 0.113. The van der Waals surface area contributed by atoms with Crippen LogP contribution >= 0.6 is 0 Å². The number of nitrogens with zero attached hydrogens (tertiary/aromatic N) is 1. The lowest BCUT2D eigenvalue weighted by Crippen LogP contribution is -2.41. The van der Waals surface area contributed by atoms with E-state index in [-0.39, 0.29) is 11.9 Å². The second-order valence-corrected chi connectivity index (χ2v) is 3.87. The van der Waals surface area contributed by atoms with Crippen molar-refractivity contribution in [3.05, 3.63) is 59.8 Å². The smallest absolute Gasteiger partial charge is 0.258 e. The highest BCUT2D eigenvalue weighted by Crippen LogP contribution is 2.25. The number of benzene rings is 1. The molecule has 1 aromatic rings. The van der Waals surface area contributed by atoms with E-state index in [4.69, 9.17) is 0 Å². The minimum Gasteiger partial charge on any atom is -0.308 e. The van der Waals surface area contributed by atoms with Crippen LogP contribution in [-0.4, -0.2) is 16.8 Å². The van der Waals surface area contributed by atoms with Crippen molar-refractivity contribution in [2.45, 2.75) is 12.5 Å². The molecule has 2 aliphatic heterocycles. The monoisotopic (exact) mass is 197 g/mol. The molecule has 0 saturated carbocycles. The van der Waals surface area contributed by atoms with E-state index in [9.17, 15) is 4.79 Å². The van der Waals surface area contributed by atoms with E-state index in [2.05, 4.69) is 6.08 Å².